The average molecular weight is 361 g/mol. The highest BCUT2D eigenvalue weighted by Crippen LogP contribution is 2.33. The lowest BCUT2D eigenvalue weighted by molar-refractivity contribution is -0.130. The van der Waals surface area contributed by atoms with Crippen LogP contribution in [0.25, 0.3) is 0 Å². The number of nitrogens with one attached hydrogen (secondary N) is 1. The molecule has 0 radical (unpaired) electrons. The average Bonchev–Trinajstić information content (AvgIpc) is 2.58. The van der Waals surface area contributed by atoms with E-state index in [0.29, 0.717) is 6.54 Å². The number of carbonyl (C=O) groups is 3. The lowest BCUT2D eigenvalue weighted by atomic mass is 9.83. The molecular formula is C19H27N3O4. The van der Waals surface area contributed by atoms with Gasteiger partial charge in [-0.3, -0.25) is 14.5 Å². The first-order chi connectivity index (χ1) is 12.2. The van der Waals surface area contributed by atoms with Crippen molar-refractivity contribution < 1.29 is 19.1 Å². The van der Waals surface area contributed by atoms with Gasteiger partial charge in [-0.2, -0.15) is 0 Å². The quantitative estimate of drug-likeness (QED) is 0.853. The molecule has 7 heteroatoms. The van der Waals surface area contributed by atoms with E-state index in [-0.39, 0.29) is 12.5 Å². The highest BCUT2D eigenvalue weighted by Gasteiger charge is 2.41. The highest BCUT2D eigenvalue weighted by molar-refractivity contribution is 5.90. The molecule has 0 spiro atoms. The van der Waals surface area contributed by atoms with E-state index in [1.54, 1.807) is 20.8 Å². The number of likely N-dealkylation sites (tertiary alicyclic amines) is 1. The number of carbonyl (C=O) groups excluding carboxylic acids is 3. The Balaban J connectivity index is 2.30. The first kappa shape index (κ1) is 19.8. The fourth-order valence-electron chi connectivity index (χ4n) is 3.17. The van der Waals surface area contributed by atoms with Crippen molar-refractivity contribution >= 4 is 17.9 Å². The summed E-state index contributed by atoms with van der Waals surface area (Å²) in [6.45, 7) is 5.51. The van der Waals surface area contributed by atoms with Crippen molar-refractivity contribution in [3.63, 3.8) is 0 Å². The minimum absolute atomic E-state index is 0.176. The first-order valence-corrected chi connectivity index (χ1v) is 8.79. The van der Waals surface area contributed by atoms with E-state index >= 15 is 0 Å². The van der Waals surface area contributed by atoms with Gasteiger partial charge in [-0.15, -0.1) is 0 Å². The third kappa shape index (κ3) is 5.21. The maximum Gasteiger partial charge on any atom is 0.410 e. The summed E-state index contributed by atoms with van der Waals surface area (Å²) in [5.41, 5.74) is 5.45. The van der Waals surface area contributed by atoms with E-state index in [4.69, 9.17) is 10.5 Å². The summed E-state index contributed by atoms with van der Waals surface area (Å²) in [6, 6.07) is 8.84. The number of hydrogen-bond donors (Lipinski definition) is 2. The van der Waals surface area contributed by atoms with Gasteiger partial charge >= 0.3 is 6.09 Å². The third-order valence-corrected chi connectivity index (χ3v) is 4.19. The van der Waals surface area contributed by atoms with Gasteiger partial charge in [0.25, 0.3) is 0 Å². The van der Waals surface area contributed by atoms with E-state index in [1.165, 1.54) is 4.90 Å². The Bertz CT molecular complexity index is 654. The molecule has 142 valence electrons. The molecule has 2 unspecified atom stereocenters. The Kier molecular flexibility index (Phi) is 6.23. The summed E-state index contributed by atoms with van der Waals surface area (Å²) < 4.78 is 5.48. The molecule has 1 saturated heterocycles. The van der Waals surface area contributed by atoms with E-state index in [9.17, 15) is 14.4 Å². The van der Waals surface area contributed by atoms with Crippen LogP contribution in [-0.2, 0) is 14.3 Å². The normalized spacial score (nSPS) is 20.3. The van der Waals surface area contributed by atoms with Gasteiger partial charge in [0.2, 0.25) is 11.8 Å². The molecule has 3 N–H and O–H groups in total. The molecule has 26 heavy (non-hydrogen) atoms. The predicted molar refractivity (Wildman–Crippen MR) is 97.3 cm³/mol. The van der Waals surface area contributed by atoms with Gasteiger partial charge in [0.15, 0.2) is 0 Å². The SMILES string of the molecule is CC(C)(C)OC(=O)N1CCCC(c2ccccc2)C1C(=O)NCC(N)=O. The van der Waals surface area contributed by atoms with Crippen molar-refractivity contribution in [1.82, 2.24) is 10.2 Å². The monoisotopic (exact) mass is 361 g/mol. The van der Waals surface area contributed by atoms with Crippen molar-refractivity contribution in [1.29, 1.82) is 0 Å². The van der Waals surface area contributed by atoms with Crippen molar-refractivity contribution in [3.05, 3.63) is 35.9 Å². The molecular weight excluding hydrogens is 334 g/mol. The van der Waals surface area contributed by atoms with Gasteiger partial charge in [-0.1, -0.05) is 30.3 Å². The van der Waals surface area contributed by atoms with Crippen molar-refractivity contribution in [3.8, 4) is 0 Å². The summed E-state index contributed by atoms with van der Waals surface area (Å²) in [4.78, 5) is 38.0. The van der Waals surface area contributed by atoms with E-state index in [1.807, 2.05) is 30.3 Å². The Morgan fingerprint density at radius 3 is 2.46 bits per heavy atom. The van der Waals surface area contributed by atoms with Crippen LogP contribution in [0, 0.1) is 0 Å². The number of primary amides is 1. The van der Waals surface area contributed by atoms with Gasteiger partial charge < -0.3 is 15.8 Å². The summed E-state index contributed by atoms with van der Waals surface area (Å²) in [5.74, 6) is -1.21. The molecule has 0 bridgehead atoms. The van der Waals surface area contributed by atoms with Crippen LogP contribution in [0.15, 0.2) is 30.3 Å². The largest absolute Gasteiger partial charge is 0.444 e. The summed E-state index contributed by atoms with van der Waals surface area (Å²) in [5, 5.41) is 2.54. The Labute approximate surface area is 153 Å². The molecule has 1 fully saturated rings. The second kappa shape index (κ2) is 8.21. The third-order valence-electron chi connectivity index (χ3n) is 4.19. The summed E-state index contributed by atoms with van der Waals surface area (Å²) >= 11 is 0. The van der Waals surface area contributed by atoms with E-state index in [2.05, 4.69) is 5.32 Å². The molecule has 3 amide bonds. The van der Waals surface area contributed by atoms with Gasteiger partial charge in [0, 0.05) is 12.5 Å². The van der Waals surface area contributed by atoms with Crippen LogP contribution in [0.4, 0.5) is 4.79 Å². The predicted octanol–water partition coefficient (Wildman–Crippen LogP) is 1.77. The van der Waals surface area contributed by atoms with Crippen molar-refractivity contribution in [2.75, 3.05) is 13.1 Å². The fourth-order valence-corrected chi connectivity index (χ4v) is 3.17. The van der Waals surface area contributed by atoms with Crippen LogP contribution in [0.3, 0.4) is 0 Å². The summed E-state index contributed by atoms with van der Waals surface area (Å²) in [7, 11) is 0. The van der Waals surface area contributed by atoms with E-state index < -0.39 is 29.6 Å². The smallest absolute Gasteiger partial charge is 0.410 e. The minimum atomic E-state index is -0.750. The van der Waals surface area contributed by atoms with Gasteiger partial charge in [-0.25, -0.2) is 4.79 Å². The topological polar surface area (TPSA) is 102 Å². The molecule has 1 heterocycles. The molecule has 2 atom stereocenters. The van der Waals surface area contributed by atoms with Crippen LogP contribution in [-0.4, -0.2) is 47.5 Å². The number of amides is 3. The highest BCUT2D eigenvalue weighted by atomic mass is 16.6. The number of ether oxygens (including phenoxy) is 1. The maximum atomic E-state index is 12.8. The van der Waals surface area contributed by atoms with Crippen LogP contribution in [0.2, 0.25) is 0 Å². The van der Waals surface area contributed by atoms with Crippen LogP contribution >= 0.6 is 0 Å². The fraction of sp³-hybridized carbons (Fsp3) is 0.526. The van der Waals surface area contributed by atoms with Crippen LogP contribution in [0.5, 0.6) is 0 Å². The lowest BCUT2D eigenvalue weighted by Gasteiger charge is -2.40. The van der Waals surface area contributed by atoms with Crippen molar-refractivity contribution in [2.24, 2.45) is 5.73 Å². The second-order valence-electron chi connectivity index (χ2n) is 7.46. The maximum absolute atomic E-state index is 12.8. The molecule has 0 aromatic heterocycles. The van der Waals surface area contributed by atoms with Crippen LogP contribution < -0.4 is 11.1 Å². The minimum Gasteiger partial charge on any atom is -0.444 e. The molecule has 0 aliphatic carbocycles. The van der Waals surface area contributed by atoms with Gasteiger partial charge in [0.1, 0.15) is 11.6 Å². The summed E-state index contributed by atoms with van der Waals surface area (Å²) in [6.07, 6.45) is 0.994. The first-order valence-electron chi connectivity index (χ1n) is 8.79. The second-order valence-corrected chi connectivity index (χ2v) is 7.46. The van der Waals surface area contributed by atoms with Gasteiger partial charge in [-0.05, 0) is 39.2 Å². The van der Waals surface area contributed by atoms with Gasteiger partial charge in [0.05, 0.1) is 6.54 Å². The number of nitrogens with two attached hydrogens (primary N) is 1. The number of piperidine rings is 1. The molecule has 1 aromatic rings. The molecule has 2 rings (SSSR count). The zero-order valence-electron chi connectivity index (χ0n) is 15.5. The Hall–Kier alpha value is -2.57. The van der Waals surface area contributed by atoms with Crippen LogP contribution in [0.1, 0.15) is 45.1 Å². The number of hydrogen-bond acceptors (Lipinski definition) is 4. The number of benzene rings is 1. The molecule has 1 aliphatic rings. The molecule has 1 aliphatic heterocycles. The number of nitrogens with zero attached hydrogens (tertiary/aromatic N) is 1. The Morgan fingerprint density at radius 1 is 1.23 bits per heavy atom. The standard InChI is InChI=1S/C19H27N3O4/c1-19(2,3)26-18(25)22-11-7-10-14(13-8-5-4-6-9-13)16(22)17(24)21-12-15(20)23/h4-6,8-9,14,16H,7,10-12H2,1-3H3,(H2,20,23)(H,21,24). The lowest BCUT2D eigenvalue weighted by Crippen LogP contribution is -2.56. The molecule has 1 aromatic carbocycles. The van der Waals surface area contributed by atoms with E-state index in [0.717, 1.165) is 18.4 Å². The zero-order chi connectivity index (χ0) is 19.3. The molecule has 0 saturated carbocycles. The number of rotatable bonds is 4. The zero-order valence-corrected chi connectivity index (χ0v) is 15.5. The Morgan fingerprint density at radius 2 is 1.88 bits per heavy atom. The molecule has 7 nitrogen and oxygen atoms in total. The van der Waals surface area contributed by atoms with Crippen molar-refractivity contribution in [2.45, 2.75) is 51.2 Å².